The Morgan fingerprint density at radius 3 is 3.17 bits per heavy atom. The molecule has 0 aliphatic carbocycles. The van der Waals surface area contributed by atoms with Gasteiger partial charge in [-0.05, 0) is 25.0 Å². The first kappa shape index (κ1) is 15.5. The normalized spacial score (nSPS) is 19.0. The maximum Gasteiger partial charge on any atom is 0.318 e. The maximum absolute atomic E-state index is 12.3. The first-order valence-corrected chi connectivity index (χ1v) is 7.68. The number of furan rings is 1. The van der Waals surface area contributed by atoms with E-state index >= 15 is 0 Å². The molecule has 2 N–H and O–H groups in total. The fourth-order valence-electron chi connectivity index (χ4n) is 2.87. The van der Waals surface area contributed by atoms with Crippen LogP contribution in [-0.2, 0) is 6.54 Å². The van der Waals surface area contributed by atoms with E-state index in [-0.39, 0.29) is 18.6 Å². The Morgan fingerprint density at radius 2 is 2.48 bits per heavy atom. The van der Waals surface area contributed by atoms with E-state index in [2.05, 4.69) is 15.5 Å². The van der Waals surface area contributed by atoms with Crippen molar-refractivity contribution in [2.75, 3.05) is 6.54 Å². The van der Waals surface area contributed by atoms with Crippen LogP contribution < -0.4 is 5.32 Å². The molecule has 2 aromatic rings. The molecule has 124 valence electrons. The molecule has 1 aliphatic rings. The quantitative estimate of drug-likeness (QED) is 0.870. The standard InChI is InChI=1S/C15H20N4O4/c1-10-17-14(18-23-10)9-16-15(21)19-6-2-4-11(19)8-12(20)13-5-3-7-22-13/h3,5,7,11-12,20H,2,4,6,8-9H2,1H3,(H,16,21). The zero-order chi connectivity index (χ0) is 16.2. The van der Waals surface area contributed by atoms with Crippen LogP contribution in [-0.4, -0.2) is 38.8 Å². The van der Waals surface area contributed by atoms with Crippen molar-refractivity contribution in [1.82, 2.24) is 20.4 Å². The number of aromatic nitrogens is 2. The number of carbonyl (C=O) groups is 1. The van der Waals surface area contributed by atoms with Crippen LogP contribution in [0, 0.1) is 6.92 Å². The molecular formula is C15H20N4O4. The van der Waals surface area contributed by atoms with E-state index in [1.165, 1.54) is 6.26 Å². The number of rotatable bonds is 5. The molecule has 8 nitrogen and oxygen atoms in total. The highest BCUT2D eigenvalue weighted by molar-refractivity contribution is 5.74. The lowest BCUT2D eigenvalue weighted by Crippen LogP contribution is -2.43. The summed E-state index contributed by atoms with van der Waals surface area (Å²) >= 11 is 0. The number of nitrogens with zero attached hydrogens (tertiary/aromatic N) is 3. The SMILES string of the molecule is Cc1nc(CNC(=O)N2CCCC2CC(O)c2ccco2)no1. The van der Waals surface area contributed by atoms with Crippen molar-refractivity contribution in [1.29, 1.82) is 0 Å². The predicted octanol–water partition coefficient (Wildman–Crippen LogP) is 1.77. The van der Waals surface area contributed by atoms with Crippen molar-refractivity contribution in [3.8, 4) is 0 Å². The van der Waals surface area contributed by atoms with Gasteiger partial charge in [0.1, 0.15) is 11.9 Å². The average molecular weight is 320 g/mol. The van der Waals surface area contributed by atoms with Gasteiger partial charge in [-0.3, -0.25) is 0 Å². The van der Waals surface area contributed by atoms with Crippen molar-refractivity contribution < 1.29 is 18.8 Å². The molecule has 2 aromatic heterocycles. The summed E-state index contributed by atoms with van der Waals surface area (Å²) < 4.78 is 10.1. The zero-order valence-corrected chi connectivity index (χ0v) is 12.9. The zero-order valence-electron chi connectivity index (χ0n) is 12.9. The third-order valence-corrected chi connectivity index (χ3v) is 3.97. The first-order valence-electron chi connectivity index (χ1n) is 7.68. The van der Waals surface area contributed by atoms with Gasteiger partial charge in [-0.25, -0.2) is 4.79 Å². The van der Waals surface area contributed by atoms with Crippen LogP contribution in [0.4, 0.5) is 4.79 Å². The summed E-state index contributed by atoms with van der Waals surface area (Å²) in [6.45, 7) is 2.59. The van der Waals surface area contributed by atoms with Gasteiger partial charge in [-0.15, -0.1) is 0 Å². The van der Waals surface area contributed by atoms with Gasteiger partial charge in [0.15, 0.2) is 5.82 Å². The van der Waals surface area contributed by atoms with E-state index in [1.807, 2.05) is 0 Å². The number of urea groups is 1. The lowest BCUT2D eigenvalue weighted by Gasteiger charge is -2.26. The van der Waals surface area contributed by atoms with E-state index in [4.69, 9.17) is 8.94 Å². The number of hydrogen-bond donors (Lipinski definition) is 2. The van der Waals surface area contributed by atoms with E-state index in [9.17, 15) is 9.90 Å². The molecule has 0 saturated carbocycles. The second-order valence-corrected chi connectivity index (χ2v) is 5.64. The summed E-state index contributed by atoms with van der Waals surface area (Å²) in [5.74, 6) is 1.44. The molecule has 0 bridgehead atoms. The largest absolute Gasteiger partial charge is 0.467 e. The highest BCUT2D eigenvalue weighted by Gasteiger charge is 2.31. The fraction of sp³-hybridized carbons (Fsp3) is 0.533. The minimum Gasteiger partial charge on any atom is -0.467 e. The first-order chi connectivity index (χ1) is 11.1. The molecule has 1 saturated heterocycles. The summed E-state index contributed by atoms with van der Waals surface area (Å²) in [7, 11) is 0. The molecule has 0 radical (unpaired) electrons. The number of hydrogen-bond acceptors (Lipinski definition) is 6. The molecule has 2 amide bonds. The lowest BCUT2D eigenvalue weighted by molar-refractivity contribution is 0.108. The highest BCUT2D eigenvalue weighted by Crippen LogP contribution is 2.27. The second kappa shape index (κ2) is 6.82. The van der Waals surface area contributed by atoms with Gasteiger partial charge in [0.05, 0.1) is 12.8 Å². The molecule has 8 heteroatoms. The van der Waals surface area contributed by atoms with Crippen molar-refractivity contribution >= 4 is 6.03 Å². The van der Waals surface area contributed by atoms with Crippen LogP contribution in [0.2, 0.25) is 0 Å². The number of aliphatic hydroxyl groups is 1. The van der Waals surface area contributed by atoms with Crippen molar-refractivity contribution in [3.05, 3.63) is 35.9 Å². The van der Waals surface area contributed by atoms with E-state index in [1.54, 1.807) is 24.0 Å². The van der Waals surface area contributed by atoms with E-state index in [0.717, 1.165) is 12.8 Å². The van der Waals surface area contributed by atoms with Crippen molar-refractivity contribution in [2.24, 2.45) is 0 Å². The van der Waals surface area contributed by atoms with E-state index in [0.29, 0.717) is 30.4 Å². The third-order valence-electron chi connectivity index (χ3n) is 3.97. The van der Waals surface area contributed by atoms with Crippen LogP contribution in [0.15, 0.2) is 27.3 Å². The molecule has 0 aromatic carbocycles. The van der Waals surface area contributed by atoms with E-state index < -0.39 is 6.10 Å². The number of carbonyl (C=O) groups excluding carboxylic acids is 1. The predicted molar refractivity (Wildman–Crippen MR) is 79.3 cm³/mol. The van der Waals surface area contributed by atoms with Crippen LogP contribution in [0.1, 0.15) is 42.8 Å². The van der Waals surface area contributed by atoms with Crippen molar-refractivity contribution in [3.63, 3.8) is 0 Å². The molecule has 1 aliphatic heterocycles. The third kappa shape index (κ3) is 3.70. The van der Waals surface area contributed by atoms with Gasteiger partial charge in [0, 0.05) is 25.9 Å². The van der Waals surface area contributed by atoms with Crippen LogP contribution in [0.3, 0.4) is 0 Å². The molecule has 1 fully saturated rings. The van der Waals surface area contributed by atoms with Gasteiger partial charge < -0.3 is 24.3 Å². The summed E-state index contributed by atoms with van der Waals surface area (Å²) in [5.41, 5.74) is 0. The summed E-state index contributed by atoms with van der Waals surface area (Å²) in [6, 6.07) is 3.29. The second-order valence-electron chi connectivity index (χ2n) is 5.64. The number of amides is 2. The fourth-order valence-corrected chi connectivity index (χ4v) is 2.87. The average Bonchev–Trinajstić information content (AvgIpc) is 3.26. The van der Waals surface area contributed by atoms with Gasteiger partial charge in [0.25, 0.3) is 0 Å². The summed E-state index contributed by atoms with van der Waals surface area (Å²) in [5, 5.41) is 16.7. The Labute approximate surface area is 133 Å². The Balaban J connectivity index is 1.54. The van der Waals surface area contributed by atoms with Gasteiger partial charge in [-0.1, -0.05) is 5.16 Å². The molecule has 2 atom stereocenters. The number of aryl methyl sites for hydroxylation is 1. The smallest absolute Gasteiger partial charge is 0.318 e. The van der Waals surface area contributed by atoms with Crippen LogP contribution in [0.5, 0.6) is 0 Å². The number of aliphatic hydroxyl groups excluding tert-OH is 1. The Morgan fingerprint density at radius 1 is 1.61 bits per heavy atom. The number of nitrogens with one attached hydrogen (secondary N) is 1. The molecule has 3 heterocycles. The van der Waals surface area contributed by atoms with Crippen LogP contribution >= 0.6 is 0 Å². The monoisotopic (exact) mass is 320 g/mol. The van der Waals surface area contributed by atoms with Gasteiger partial charge in [-0.2, -0.15) is 4.98 Å². The molecular weight excluding hydrogens is 300 g/mol. The Bertz CT molecular complexity index is 640. The van der Waals surface area contributed by atoms with Gasteiger partial charge in [0.2, 0.25) is 5.89 Å². The Hall–Kier alpha value is -2.35. The Kier molecular flexibility index (Phi) is 4.61. The van der Waals surface area contributed by atoms with Crippen LogP contribution in [0.25, 0.3) is 0 Å². The molecule has 0 spiro atoms. The maximum atomic E-state index is 12.3. The molecule has 23 heavy (non-hydrogen) atoms. The summed E-state index contributed by atoms with van der Waals surface area (Å²) in [6.07, 6.45) is 3.08. The molecule has 2 unspecified atom stereocenters. The summed E-state index contributed by atoms with van der Waals surface area (Å²) in [4.78, 5) is 18.1. The highest BCUT2D eigenvalue weighted by atomic mass is 16.5. The topological polar surface area (TPSA) is 105 Å². The minimum absolute atomic E-state index is 0.0119. The van der Waals surface area contributed by atoms with Gasteiger partial charge >= 0.3 is 6.03 Å². The minimum atomic E-state index is -0.705. The van der Waals surface area contributed by atoms with Crippen molar-refractivity contribution in [2.45, 2.75) is 44.9 Å². The molecule has 3 rings (SSSR count). The lowest BCUT2D eigenvalue weighted by atomic mass is 10.1. The number of likely N-dealkylation sites (tertiary alicyclic amines) is 1.